The lowest BCUT2D eigenvalue weighted by Gasteiger charge is -2.10. The zero-order valence-electron chi connectivity index (χ0n) is 7.78. The molecular formula is C7H17NO2PS+. The van der Waals surface area contributed by atoms with E-state index in [4.69, 9.17) is 9.05 Å². The molecule has 12 heavy (non-hydrogen) atoms. The van der Waals surface area contributed by atoms with Crippen molar-refractivity contribution < 1.29 is 9.05 Å². The van der Waals surface area contributed by atoms with Crippen LogP contribution in [0, 0.1) is 5.92 Å². The van der Waals surface area contributed by atoms with Crippen LogP contribution in [0.25, 0.3) is 0 Å². The summed E-state index contributed by atoms with van der Waals surface area (Å²) in [5.41, 5.74) is 0. The second-order valence-electron chi connectivity index (χ2n) is 3.45. The number of nitrogens with one attached hydrogen (secondary N) is 1. The Morgan fingerprint density at radius 2 is 2.42 bits per heavy atom. The topological polar surface area (TPSA) is 30.5 Å². The molecule has 0 aromatic heterocycles. The summed E-state index contributed by atoms with van der Waals surface area (Å²) in [6, 6.07) is 0.413. The quantitative estimate of drug-likeness (QED) is 0.553. The van der Waals surface area contributed by atoms with Crippen LogP contribution in [-0.2, 0) is 9.05 Å². The molecule has 0 spiro atoms. The van der Waals surface area contributed by atoms with Gasteiger partial charge in [0.2, 0.25) is 0 Å². The molecule has 1 unspecified atom stereocenters. The van der Waals surface area contributed by atoms with Gasteiger partial charge in [-0.05, 0) is 12.3 Å². The predicted molar refractivity (Wildman–Crippen MR) is 55.2 cm³/mol. The lowest BCUT2D eigenvalue weighted by atomic mass is 10.1. The van der Waals surface area contributed by atoms with Crippen LogP contribution in [-0.4, -0.2) is 19.8 Å². The highest BCUT2D eigenvalue weighted by molar-refractivity contribution is 8.48. The van der Waals surface area contributed by atoms with Gasteiger partial charge < -0.3 is 0 Å². The molecule has 0 bridgehead atoms. The van der Waals surface area contributed by atoms with Gasteiger partial charge in [0, 0.05) is 0 Å². The van der Waals surface area contributed by atoms with Crippen LogP contribution in [0.1, 0.15) is 20.3 Å². The Morgan fingerprint density at radius 1 is 1.75 bits per heavy atom. The lowest BCUT2D eigenvalue weighted by molar-refractivity contribution is 0.294. The highest BCUT2D eigenvalue weighted by atomic mass is 32.7. The van der Waals surface area contributed by atoms with E-state index in [-0.39, 0.29) is 0 Å². The van der Waals surface area contributed by atoms with Crippen molar-refractivity contribution in [2.45, 2.75) is 26.3 Å². The molecule has 1 rings (SSSR count). The maximum atomic E-state index is 5.45. The first-order valence-corrected chi connectivity index (χ1v) is 6.93. The van der Waals surface area contributed by atoms with Crippen LogP contribution in [0.3, 0.4) is 0 Å². The molecule has 0 aliphatic carbocycles. The summed E-state index contributed by atoms with van der Waals surface area (Å²) in [5, 5.41) is 3.28. The third-order valence-corrected chi connectivity index (χ3v) is 4.67. The van der Waals surface area contributed by atoms with Crippen LogP contribution >= 0.6 is 19.3 Å². The monoisotopic (exact) mass is 210 g/mol. The first kappa shape index (κ1) is 10.7. The van der Waals surface area contributed by atoms with Crippen molar-refractivity contribution in [1.29, 1.82) is 0 Å². The third-order valence-electron chi connectivity index (χ3n) is 1.80. The molecule has 0 radical (unpaired) electrons. The molecule has 1 saturated heterocycles. The molecule has 0 amide bonds. The summed E-state index contributed by atoms with van der Waals surface area (Å²) in [5.74, 6) is 0.683. The standard InChI is InChI=1S/C7H17NO2PS/c1-6(2)4-7-5-10-11(12,8-7)9-3/h6-8,12H,4-5H2,1-3H3/q+1/t7-,11?/m1/s1. The summed E-state index contributed by atoms with van der Waals surface area (Å²) < 4.78 is 10.6. The normalized spacial score (nSPS) is 36.2. The zero-order chi connectivity index (χ0) is 9.19. The highest BCUT2D eigenvalue weighted by Gasteiger charge is 2.47. The Kier molecular flexibility index (Phi) is 3.80. The Bertz CT molecular complexity index is 158. The van der Waals surface area contributed by atoms with E-state index < -0.39 is 7.07 Å². The predicted octanol–water partition coefficient (Wildman–Crippen LogP) is 2.27. The van der Waals surface area contributed by atoms with E-state index in [1.807, 2.05) is 0 Å². The Labute approximate surface area is 79.9 Å². The van der Waals surface area contributed by atoms with E-state index in [0.717, 1.165) is 13.0 Å². The van der Waals surface area contributed by atoms with E-state index >= 15 is 0 Å². The molecular weight excluding hydrogens is 193 g/mol. The Hall–Kier alpha value is 0.660. The summed E-state index contributed by atoms with van der Waals surface area (Å²) in [6.45, 7) is 5.13. The Balaban J connectivity index is 2.35. The fraction of sp³-hybridized carbons (Fsp3) is 1.00. The van der Waals surface area contributed by atoms with E-state index in [9.17, 15) is 0 Å². The van der Waals surface area contributed by atoms with Crippen molar-refractivity contribution in [2.75, 3.05) is 13.7 Å². The maximum Gasteiger partial charge on any atom is 0.409 e. The molecule has 1 aliphatic heterocycles. The molecule has 1 fully saturated rings. The van der Waals surface area contributed by atoms with Crippen LogP contribution < -0.4 is 5.09 Å². The van der Waals surface area contributed by atoms with Gasteiger partial charge >= 0.3 is 7.07 Å². The maximum absolute atomic E-state index is 5.45. The second-order valence-corrected chi connectivity index (χ2v) is 6.96. The van der Waals surface area contributed by atoms with Gasteiger partial charge in [0.15, 0.2) is 0 Å². The van der Waals surface area contributed by atoms with Crippen molar-refractivity contribution in [3.63, 3.8) is 0 Å². The number of thiol groups is 1. The molecule has 0 saturated carbocycles. The van der Waals surface area contributed by atoms with Crippen LogP contribution in [0.5, 0.6) is 0 Å². The van der Waals surface area contributed by atoms with E-state index in [0.29, 0.717) is 12.0 Å². The van der Waals surface area contributed by atoms with Crippen LogP contribution in [0.2, 0.25) is 0 Å². The fourth-order valence-corrected chi connectivity index (χ4v) is 3.29. The summed E-state index contributed by atoms with van der Waals surface area (Å²) in [6.07, 6.45) is 1.12. The minimum absolute atomic E-state index is 0.413. The van der Waals surface area contributed by atoms with E-state index in [2.05, 4.69) is 31.2 Å². The SMILES string of the molecule is CO[P+]1(S)N[C@H](CC(C)C)CO1. The van der Waals surface area contributed by atoms with Gasteiger partial charge in [-0.15, -0.1) is 5.09 Å². The first-order chi connectivity index (χ1) is 5.56. The number of hydrogen-bond acceptors (Lipinski definition) is 4. The van der Waals surface area contributed by atoms with Crippen molar-refractivity contribution in [3.8, 4) is 0 Å². The van der Waals surface area contributed by atoms with Crippen molar-refractivity contribution in [1.82, 2.24) is 5.09 Å². The summed E-state index contributed by atoms with van der Waals surface area (Å²) in [7, 11) is -0.338. The minimum Gasteiger partial charge on any atom is -0.181 e. The van der Waals surface area contributed by atoms with Crippen molar-refractivity contribution in [2.24, 2.45) is 5.92 Å². The molecule has 0 aromatic rings. The molecule has 1 N–H and O–H groups in total. The van der Waals surface area contributed by atoms with Crippen LogP contribution in [0.15, 0.2) is 0 Å². The molecule has 72 valence electrons. The largest absolute Gasteiger partial charge is 0.409 e. The average Bonchev–Trinajstić information content (AvgIpc) is 2.32. The van der Waals surface area contributed by atoms with Crippen molar-refractivity contribution >= 4 is 19.3 Å². The smallest absolute Gasteiger partial charge is 0.181 e. The number of hydrogen-bond donors (Lipinski definition) is 2. The number of rotatable bonds is 3. The van der Waals surface area contributed by atoms with Gasteiger partial charge in [-0.3, -0.25) is 0 Å². The molecule has 2 atom stereocenters. The lowest BCUT2D eigenvalue weighted by Crippen LogP contribution is -2.24. The van der Waals surface area contributed by atoms with E-state index in [1.54, 1.807) is 7.11 Å². The summed E-state index contributed by atoms with van der Waals surface area (Å²) in [4.78, 5) is 0. The Morgan fingerprint density at radius 3 is 2.83 bits per heavy atom. The van der Waals surface area contributed by atoms with Gasteiger partial charge in [-0.2, -0.15) is 9.05 Å². The van der Waals surface area contributed by atoms with Gasteiger partial charge in [0.1, 0.15) is 6.61 Å². The van der Waals surface area contributed by atoms with Crippen molar-refractivity contribution in [3.05, 3.63) is 0 Å². The minimum atomic E-state index is -1.97. The van der Waals surface area contributed by atoms with Gasteiger partial charge in [-0.25, -0.2) is 0 Å². The average molecular weight is 210 g/mol. The molecule has 5 heteroatoms. The molecule has 0 aromatic carbocycles. The van der Waals surface area contributed by atoms with E-state index in [1.165, 1.54) is 0 Å². The highest BCUT2D eigenvalue weighted by Crippen LogP contribution is 2.64. The zero-order valence-corrected chi connectivity index (χ0v) is 9.57. The molecule has 3 nitrogen and oxygen atoms in total. The molecule has 1 aliphatic rings. The molecule has 1 heterocycles. The van der Waals surface area contributed by atoms with Crippen LogP contribution in [0.4, 0.5) is 0 Å². The van der Waals surface area contributed by atoms with Gasteiger partial charge in [-0.1, -0.05) is 13.8 Å². The first-order valence-electron chi connectivity index (χ1n) is 4.15. The third kappa shape index (κ3) is 2.86. The van der Waals surface area contributed by atoms with Gasteiger partial charge in [0.05, 0.1) is 25.4 Å². The van der Waals surface area contributed by atoms with Gasteiger partial charge in [0.25, 0.3) is 0 Å². The second kappa shape index (κ2) is 4.25. The fourth-order valence-electron chi connectivity index (χ4n) is 1.29. The summed E-state index contributed by atoms with van der Waals surface area (Å²) >= 11 is 4.32.